The van der Waals surface area contributed by atoms with Crippen LogP contribution in [0.15, 0.2) is 34.3 Å². The molecule has 0 spiro atoms. The highest BCUT2D eigenvalue weighted by Gasteiger charge is 2.22. The summed E-state index contributed by atoms with van der Waals surface area (Å²) in [6.45, 7) is 6.18. The van der Waals surface area contributed by atoms with Gasteiger partial charge in [0.15, 0.2) is 0 Å². The minimum atomic E-state index is 0.724. The first-order chi connectivity index (χ1) is 11.8. The van der Waals surface area contributed by atoms with Gasteiger partial charge in [0, 0.05) is 25.6 Å². The van der Waals surface area contributed by atoms with E-state index in [2.05, 4.69) is 38.1 Å². The Morgan fingerprint density at radius 1 is 1.21 bits per heavy atom. The second-order valence-corrected chi connectivity index (χ2v) is 6.62. The van der Waals surface area contributed by atoms with Gasteiger partial charge in [-0.05, 0) is 17.5 Å². The lowest BCUT2D eigenvalue weighted by Crippen LogP contribution is -2.42. The molecule has 1 fully saturated rings. The lowest BCUT2D eigenvalue weighted by Gasteiger charge is -2.32. The molecule has 126 valence electrons. The highest BCUT2D eigenvalue weighted by Crippen LogP contribution is 2.33. The van der Waals surface area contributed by atoms with Gasteiger partial charge in [-0.2, -0.15) is 0 Å². The standard InChI is InChI=1S/C17H20N4O2S/c1-2-13-3-4-15(23-13)21(12-20-6-8-22-9-7-20)16-14-5-10-24-17(14)19-11-18-16/h3-5,10-11H,2,6-9,12H2,1H3. The Kier molecular flexibility index (Phi) is 4.46. The van der Waals surface area contributed by atoms with Gasteiger partial charge in [-0.3, -0.25) is 9.80 Å². The highest BCUT2D eigenvalue weighted by molar-refractivity contribution is 7.16. The molecule has 3 aromatic heterocycles. The molecule has 0 atom stereocenters. The number of rotatable bonds is 5. The van der Waals surface area contributed by atoms with E-state index in [0.717, 1.165) is 67.1 Å². The van der Waals surface area contributed by atoms with Crippen molar-refractivity contribution in [2.24, 2.45) is 0 Å². The molecule has 0 amide bonds. The molecule has 0 bridgehead atoms. The zero-order valence-corrected chi connectivity index (χ0v) is 14.5. The smallest absolute Gasteiger partial charge is 0.202 e. The van der Waals surface area contributed by atoms with Crippen LogP contribution in [0.4, 0.5) is 11.7 Å². The Bertz CT molecular complexity index is 810. The van der Waals surface area contributed by atoms with Gasteiger partial charge in [0.25, 0.3) is 0 Å². The molecule has 0 saturated carbocycles. The predicted molar refractivity (Wildman–Crippen MR) is 94.9 cm³/mol. The first kappa shape index (κ1) is 15.6. The number of nitrogens with zero attached hydrogens (tertiary/aromatic N) is 4. The molecule has 1 saturated heterocycles. The largest absolute Gasteiger partial charge is 0.445 e. The van der Waals surface area contributed by atoms with Crippen LogP contribution in [-0.4, -0.2) is 47.8 Å². The average molecular weight is 344 g/mol. The van der Waals surface area contributed by atoms with Crippen molar-refractivity contribution in [2.75, 3.05) is 37.9 Å². The van der Waals surface area contributed by atoms with Crippen molar-refractivity contribution in [1.82, 2.24) is 14.9 Å². The molecule has 1 aliphatic rings. The van der Waals surface area contributed by atoms with E-state index in [9.17, 15) is 0 Å². The summed E-state index contributed by atoms with van der Waals surface area (Å²) in [7, 11) is 0. The molecule has 0 N–H and O–H groups in total. The molecular formula is C17H20N4O2S. The van der Waals surface area contributed by atoms with Gasteiger partial charge >= 0.3 is 0 Å². The van der Waals surface area contributed by atoms with Gasteiger partial charge in [-0.15, -0.1) is 11.3 Å². The topological polar surface area (TPSA) is 54.6 Å². The van der Waals surface area contributed by atoms with E-state index in [0.29, 0.717) is 0 Å². The lowest BCUT2D eigenvalue weighted by atomic mass is 10.3. The van der Waals surface area contributed by atoms with Crippen LogP contribution in [0.2, 0.25) is 0 Å². The van der Waals surface area contributed by atoms with Crippen molar-refractivity contribution in [1.29, 1.82) is 0 Å². The number of thiophene rings is 1. The minimum absolute atomic E-state index is 0.724. The van der Waals surface area contributed by atoms with Gasteiger partial charge in [0.2, 0.25) is 5.88 Å². The van der Waals surface area contributed by atoms with E-state index in [4.69, 9.17) is 9.15 Å². The maximum absolute atomic E-state index is 6.03. The number of aromatic nitrogens is 2. The number of morpholine rings is 1. The quantitative estimate of drug-likeness (QED) is 0.708. The third-order valence-electron chi connectivity index (χ3n) is 4.20. The second kappa shape index (κ2) is 6.88. The summed E-state index contributed by atoms with van der Waals surface area (Å²) in [5, 5.41) is 3.11. The van der Waals surface area contributed by atoms with Gasteiger partial charge in [0.1, 0.15) is 22.7 Å². The summed E-state index contributed by atoms with van der Waals surface area (Å²) in [6.07, 6.45) is 2.51. The number of ether oxygens (including phenoxy) is 1. The summed E-state index contributed by atoms with van der Waals surface area (Å²) < 4.78 is 11.5. The van der Waals surface area contributed by atoms with E-state index >= 15 is 0 Å². The average Bonchev–Trinajstić information content (AvgIpc) is 3.29. The van der Waals surface area contributed by atoms with Crippen LogP contribution in [-0.2, 0) is 11.2 Å². The zero-order valence-electron chi connectivity index (χ0n) is 13.6. The van der Waals surface area contributed by atoms with Crippen LogP contribution in [0.1, 0.15) is 12.7 Å². The Hall–Kier alpha value is -1.96. The summed E-state index contributed by atoms with van der Waals surface area (Å²) in [5.74, 6) is 2.70. The van der Waals surface area contributed by atoms with Crippen LogP contribution in [0.3, 0.4) is 0 Å². The number of fused-ring (bicyclic) bond motifs is 1. The predicted octanol–water partition coefficient (Wildman–Crippen LogP) is 3.27. The van der Waals surface area contributed by atoms with Crippen molar-refractivity contribution in [3.05, 3.63) is 35.7 Å². The summed E-state index contributed by atoms with van der Waals surface area (Å²) in [4.78, 5) is 14.4. The van der Waals surface area contributed by atoms with Gasteiger partial charge in [-0.25, -0.2) is 9.97 Å². The molecular weight excluding hydrogens is 324 g/mol. The molecule has 3 aromatic rings. The number of anilines is 2. The molecule has 0 radical (unpaired) electrons. The third kappa shape index (κ3) is 3.02. The first-order valence-corrected chi connectivity index (χ1v) is 9.07. The normalized spacial score (nSPS) is 15.9. The van der Waals surface area contributed by atoms with Crippen LogP contribution in [0.25, 0.3) is 10.2 Å². The SMILES string of the molecule is CCc1ccc(N(CN2CCOCC2)c2ncnc3sccc23)o1. The number of hydrogen-bond donors (Lipinski definition) is 0. The summed E-state index contributed by atoms with van der Waals surface area (Å²) in [6, 6.07) is 6.14. The van der Waals surface area contributed by atoms with E-state index in [1.165, 1.54) is 0 Å². The number of aryl methyl sites for hydroxylation is 1. The fourth-order valence-electron chi connectivity index (χ4n) is 2.88. The molecule has 1 aliphatic heterocycles. The molecule has 0 unspecified atom stereocenters. The van der Waals surface area contributed by atoms with Crippen LogP contribution >= 0.6 is 11.3 Å². The Labute approximate surface area is 144 Å². The minimum Gasteiger partial charge on any atom is -0.445 e. The Balaban J connectivity index is 1.72. The van der Waals surface area contributed by atoms with Crippen LogP contribution in [0, 0.1) is 0 Å². The fraction of sp³-hybridized carbons (Fsp3) is 0.412. The fourth-order valence-corrected chi connectivity index (χ4v) is 3.60. The van der Waals surface area contributed by atoms with E-state index in [1.54, 1.807) is 17.7 Å². The Morgan fingerprint density at radius 2 is 2.08 bits per heavy atom. The summed E-state index contributed by atoms with van der Waals surface area (Å²) >= 11 is 1.63. The molecule has 6 nitrogen and oxygen atoms in total. The van der Waals surface area contributed by atoms with Gasteiger partial charge in [0.05, 0.1) is 25.3 Å². The molecule has 0 aromatic carbocycles. The van der Waals surface area contributed by atoms with Gasteiger partial charge in [-0.1, -0.05) is 6.92 Å². The van der Waals surface area contributed by atoms with E-state index in [1.807, 2.05) is 12.1 Å². The van der Waals surface area contributed by atoms with Crippen molar-refractivity contribution in [2.45, 2.75) is 13.3 Å². The first-order valence-electron chi connectivity index (χ1n) is 8.19. The molecule has 24 heavy (non-hydrogen) atoms. The van der Waals surface area contributed by atoms with Gasteiger partial charge < -0.3 is 9.15 Å². The monoisotopic (exact) mass is 344 g/mol. The van der Waals surface area contributed by atoms with Crippen LogP contribution < -0.4 is 4.90 Å². The molecule has 4 heterocycles. The maximum Gasteiger partial charge on any atom is 0.202 e. The zero-order chi connectivity index (χ0) is 16.4. The van der Waals surface area contributed by atoms with Crippen molar-refractivity contribution in [3.63, 3.8) is 0 Å². The van der Waals surface area contributed by atoms with E-state index < -0.39 is 0 Å². The number of furan rings is 1. The maximum atomic E-state index is 6.03. The molecule has 4 rings (SSSR count). The van der Waals surface area contributed by atoms with Crippen molar-refractivity contribution in [3.8, 4) is 0 Å². The van der Waals surface area contributed by atoms with Crippen molar-refractivity contribution >= 4 is 33.3 Å². The van der Waals surface area contributed by atoms with Crippen LogP contribution in [0.5, 0.6) is 0 Å². The highest BCUT2D eigenvalue weighted by atomic mass is 32.1. The molecule has 0 aliphatic carbocycles. The lowest BCUT2D eigenvalue weighted by molar-refractivity contribution is 0.0387. The molecule has 7 heteroatoms. The second-order valence-electron chi connectivity index (χ2n) is 5.73. The third-order valence-corrected chi connectivity index (χ3v) is 5.02. The summed E-state index contributed by atoms with van der Waals surface area (Å²) in [5.41, 5.74) is 0. The number of hydrogen-bond acceptors (Lipinski definition) is 7. The van der Waals surface area contributed by atoms with E-state index in [-0.39, 0.29) is 0 Å². The van der Waals surface area contributed by atoms with Crippen molar-refractivity contribution < 1.29 is 9.15 Å². The Morgan fingerprint density at radius 3 is 2.88 bits per heavy atom.